The molecule has 1 N–H and O–H groups in total. The van der Waals surface area contributed by atoms with Gasteiger partial charge < -0.3 is 10.1 Å². The summed E-state index contributed by atoms with van der Waals surface area (Å²) in [5.74, 6) is 0.469. The van der Waals surface area contributed by atoms with E-state index in [9.17, 15) is 4.79 Å². The van der Waals surface area contributed by atoms with Crippen LogP contribution in [0.3, 0.4) is 0 Å². The number of imidazole rings is 1. The van der Waals surface area contributed by atoms with E-state index in [1.165, 1.54) is 0 Å². The Balaban J connectivity index is 1.48. The minimum atomic E-state index is -0.0398. The van der Waals surface area contributed by atoms with Crippen molar-refractivity contribution in [1.29, 1.82) is 0 Å². The predicted molar refractivity (Wildman–Crippen MR) is 75.6 cm³/mol. The van der Waals surface area contributed by atoms with Crippen molar-refractivity contribution in [2.24, 2.45) is 5.92 Å². The van der Waals surface area contributed by atoms with Crippen LogP contribution in [0.5, 0.6) is 0 Å². The molecule has 2 aromatic rings. The topological polar surface area (TPSA) is 68.5 Å². The van der Waals surface area contributed by atoms with Gasteiger partial charge in [0.05, 0.1) is 18.3 Å². The molecule has 2 saturated carbocycles. The van der Waals surface area contributed by atoms with Gasteiger partial charge in [-0.3, -0.25) is 4.79 Å². The zero-order valence-electron chi connectivity index (χ0n) is 11.7. The Kier molecular flexibility index (Phi) is 3.11. The van der Waals surface area contributed by atoms with Crippen molar-refractivity contribution in [3.05, 3.63) is 30.2 Å². The van der Waals surface area contributed by atoms with Gasteiger partial charge in [-0.25, -0.2) is 9.50 Å². The second-order valence-corrected chi connectivity index (χ2v) is 5.91. The molecule has 0 aromatic carbocycles. The number of carbonyl (C=O) groups is 1. The number of nitrogens with one attached hydrogen (secondary N) is 1. The highest BCUT2D eigenvalue weighted by Crippen LogP contribution is 2.41. The third kappa shape index (κ3) is 2.90. The lowest BCUT2D eigenvalue weighted by atomic mass is 10.1. The number of hydrogen-bond donors (Lipinski definition) is 1. The van der Waals surface area contributed by atoms with E-state index in [1.807, 2.05) is 18.5 Å². The Hall–Kier alpha value is -1.95. The molecule has 2 fully saturated rings. The molecular formula is C15H18N4O2. The van der Waals surface area contributed by atoms with Gasteiger partial charge in [0.2, 0.25) is 5.91 Å². The third-order valence-electron chi connectivity index (χ3n) is 4.02. The van der Waals surface area contributed by atoms with Crippen molar-refractivity contribution in [2.45, 2.75) is 37.8 Å². The van der Waals surface area contributed by atoms with E-state index in [0.717, 1.165) is 36.9 Å². The molecule has 0 aliphatic heterocycles. The lowest BCUT2D eigenvalue weighted by Crippen LogP contribution is -2.33. The average Bonchev–Trinajstić information content (AvgIpc) is 3.40. The maximum atomic E-state index is 12.0. The van der Waals surface area contributed by atoms with E-state index < -0.39 is 0 Å². The zero-order chi connectivity index (χ0) is 14.2. The largest absolute Gasteiger partial charge is 0.368 e. The average molecular weight is 286 g/mol. The number of ether oxygens (including phenoxy) is 1. The number of rotatable bonds is 6. The Morgan fingerprint density at radius 2 is 2.29 bits per heavy atom. The number of hydrogen-bond acceptors (Lipinski definition) is 4. The molecule has 0 spiro atoms. The molecule has 6 heteroatoms. The molecule has 21 heavy (non-hydrogen) atoms. The van der Waals surface area contributed by atoms with E-state index in [-0.39, 0.29) is 18.6 Å². The lowest BCUT2D eigenvalue weighted by molar-refractivity contribution is -0.127. The van der Waals surface area contributed by atoms with E-state index in [2.05, 4.69) is 15.4 Å². The molecular weight excluding hydrogens is 268 g/mol. The predicted octanol–water partition coefficient (Wildman–Crippen LogP) is 1.48. The van der Waals surface area contributed by atoms with Gasteiger partial charge in [-0.2, -0.15) is 5.10 Å². The summed E-state index contributed by atoms with van der Waals surface area (Å²) in [7, 11) is 0. The van der Waals surface area contributed by atoms with Crippen LogP contribution in [0.4, 0.5) is 0 Å². The first-order chi connectivity index (χ1) is 10.3. The van der Waals surface area contributed by atoms with Gasteiger partial charge in [0.1, 0.15) is 6.61 Å². The van der Waals surface area contributed by atoms with Crippen LogP contribution >= 0.6 is 0 Å². The Bertz CT molecular complexity index is 660. The van der Waals surface area contributed by atoms with Crippen molar-refractivity contribution in [3.8, 4) is 0 Å². The molecule has 0 bridgehead atoms. The molecule has 0 radical (unpaired) electrons. The smallest absolute Gasteiger partial charge is 0.246 e. The number of aromatic nitrogens is 3. The summed E-state index contributed by atoms with van der Waals surface area (Å²) in [6, 6.07) is 2.02. The van der Waals surface area contributed by atoms with Gasteiger partial charge in [0.25, 0.3) is 0 Å². The number of amides is 1. The van der Waals surface area contributed by atoms with Crippen LogP contribution in [-0.2, 0) is 9.53 Å². The van der Waals surface area contributed by atoms with Crippen molar-refractivity contribution < 1.29 is 9.53 Å². The molecule has 2 aromatic heterocycles. The molecule has 1 amide bonds. The summed E-state index contributed by atoms with van der Waals surface area (Å²) in [6.45, 7) is 0.160. The van der Waals surface area contributed by atoms with Crippen molar-refractivity contribution in [1.82, 2.24) is 19.9 Å². The molecule has 2 aliphatic carbocycles. The molecule has 2 aliphatic rings. The monoisotopic (exact) mass is 286 g/mol. The van der Waals surface area contributed by atoms with E-state index in [0.29, 0.717) is 12.0 Å². The van der Waals surface area contributed by atoms with Crippen molar-refractivity contribution >= 4 is 11.6 Å². The fraction of sp³-hybridized carbons (Fsp3) is 0.533. The zero-order valence-corrected chi connectivity index (χ0v) is 11.7. The van der Waals surface area contributed by atoms with Crippen LogP contribution in [0.25, 0.3) is 5.65 Å². The summed E-state index contributed by atoms with van der Waals surface area (Å²) < 4.78 is 7.19. The minimum Gasteiger partial charge on any atom is -0.368 e. The summed E-state index contributed by atoms with van der Waals surface area (Å²) in [6.07, 6.45) is 10.1. The standard InChI is InChI=1S/C15H18N4O2/c20-14(9-21-12-3-4-12)18-15(10-1-2-10)11-7-13-16-5-6-19(13)17-8-11/h5-8,10,12,15H,1-4,9H2,(H,18,20)/t15-/m1/s1. The van der Waals surface area contributed by atoms with Gasteiger partial charge in [0.15, 0.2) is 5.65 Å². The fourth-order valence-electron chi connectivity index (χ4n) is 2.54. The van der Waals surface area contributed by atoms with Crippen molar-refractivity contribution in [3.63, 3.8) is 0 Å². The second-order valence-electron chi connectivity index (χ2n) is 5.91. The molecule has 0 unspecified atom stereocenters. The summed E-state index contributed by atoms with van der Waals surface area (Å²) in [4.78, 5) is 16.3. The van der Waals surface area contributed by atoms with Crippen LogP contribution in [0.1, 0.15) is 37.3 Å². The Morgan fingerprint density at radius 1 is 1.43 bits per heavy atom. The minimum absolute atomic E-state index is 0.0227. The van der Waals surface area contributed by atoms with Crippen molar-refractivity contribution in [2.75, 3.05) is 6.61 Å². The van der Waals surface area contributed by atoms with Crippen LogP contribution in [-0.4, -0.2) is 33.2 Å². The third-order valence-corrected chi connectivity index (χ3v) is 4.02. The molecule has 2 heterocycles. The quantitative estimate of drug-likeness (QED) is 0.873. The number of nitrogens with zero attached hydrogens (tertiary/aromatic N) is 3. The Morgan fingerprint density at radius 3 is 3.05 bits per heavy atom. The van der Waals surface area contributed by atoms with Crippen LogP contribution in [0.15, 0.2) is 24.7 Å². The van der Waals surface area contributed by atoms with Crippen LogP contribution in [0, 0.1) is 5.92 Å². The summed E-state index contributed by atoms with van der Waals surface area (Å²) in [5, 5.41) is 7.43. The molecule has 0 saturated heterocycles. The number of carbonyl (C=O) groups excluding carboxylic acids is 1. The molecule has 110 valence electrons. The van der Waals surface area contributed by atoms with Gasteiger partial charge in [-0.1, -0.05) is 0 Å². The van der Waals surface area contributed by atoms with Crippen LogP contribution < -0.4 is 5.32 Å². The first kappa shape index (κ1) is 12.8. The normalized spacial score (nSPS) is 19.6. The Labute approximate surface area is 122 Å². The van der Waals surface area contributed by atoms with Gasteiger partial charge in [-0.15, -0.1) is 0 Å². The van der Waals surface area contributed by atoms with Gasteiger partial charge >= 0.3 is 0 Å². The van der Waals surface area contributed by atoms with Crippen LogP contribution in [0.2, 0.25) is 0 Å². The fourth-order valence-corrected chi connectivity index (χ4v) is 2.54. The van der Waals surface area contributed by atoms with Gasteiger partial charge in [0, 0.05) is 12.4 Å². The summed E-state index contributed by atoms with van der Waals surface area (Å²) >= 11 is 0. The first-order valence-electron chi connectivity index (χ1n) is 7.50. The molecule has 1 atom stereocenters. The molecule has 4 rings (SSSR count). The lowest BCUT2D eigenvalue weighted by Gasteiger charge is -2.18. The maximum absolute atomic E-state index is 12.0. The molecule has 6 nitrogen and oxygen atoms in total. The maximum Gasteiger partial charge on any atom is 0.246 e. The SMILES string of the molecule is O=C(COC1CC1)N[C@@H](c1cnn2ccnc2c1)C1CC1. The second kappa shape index (κ2) is 5.11. The van der Waals surface area contributed by atoms with E-state index in [1.54, 1.807) is 10.7 Å². The highest BCUT2D eigenvalue weighted by Gasteiger charge is 2.34. The van der Waals surface area contributed by atoms with Gasteiger partial charge in [-0.05, 0) is 43.2 Å². The highest BCUT2D eigenvalue weighted by molar-refractivity contribution is 5.77. The first-order valence-corrected chi connectivity index (χ1v) is 7.50. The number of fused-ring (bicyclic) bond motifs is 1. The van der Waals surface area contributed by atoms with E-state index >= 15 is 0 Å². The van der Waals surface area contributed by atoms with E-state index in [4.69, 9.17) is 4.74 Å². The summed E-state index contributed by atoms with van der Waals surface area (Å²) in [5.41, 5.74) is 1.83. The highest BCUT2D eigenvalue weighted by atomic mass is 16.5.